The Morgan fingerprint density at radius 3 is 2.24 bits per heavy atom. The summed E-state index contributed by atoms with van der Waals surface area (Å²) in [6, 6.07) is 1.06. The van der Waals surface area contributed by atoms with Crippen molar-refractivity contribution in [3.63, 3.8) is 0 Å². The maximum Gasteiger partial charge on any atom is 0.407 e. The minimum Gasteiger partial charge on any atom is -0.444 e. The molecule has 0 unspecified atom stereocenters. The Balaban J connectivity index is 0.00000576. The molecule has 1 heterocycles. The molecular weight excluding hydrogens is 433 g/mol. The molecule has 0 saturated carbocycles. The Hall–Kier alpha value is -0.770. The third kappa shape index (κ3) is 10.7. The lowest BCUT2D eigenvalue weighted by Crippen LogP contribution is -2.50. The molecule has 7 nitrogen and oxygen atoms in total. The van der Waals surface area contributed by atoms with Gasteiger partial charge in [-0.05, 0) is 47.5 Å². The van der Waals surface area contributed by atoms with Crippen LogP contribution in [0.3, 0.4) is 0 Å². The van der Waals surface area contributed by atoms with Gasteiger partial charge in [0.25, 0.3) is 0 Å². The number of ether oxygens (including phenoxy) is 1. The number of amides is 1. The van der Waals surface area contributed by atoms with Gasteiger partial charge in [-0.25, -0.2) is 4.79 Å². The van der Waals surface area contributed by atoms with Crippen LogP contribution in [0.25, 0.3) is 0 Å². The first kappa shape index (κ1) is 24.2. The van der Waals surface area contributed by atoms with E-state index < -0.39 is 11.7 Å². The van der Waals surface area contributed by atoms with Gasteiger partial charge in [-0.15, -0.1) is 24.0 Å². The monoisotopic (exact) mass is 469 g/mol. The zero-order valence-corrected chi connectivity index (χ0v) is 18.8. The summed E-state index contributed by atoms with van der Waals surface area (Å²) in [5.74, 6) is 0.781. The zero-order valence-electron chi connectivity index (χ0n) is 16.5. The van der Waals surface area contributed by atoms with Crippen LogP contribution >= 0.6 is 24.0 Å². The Labute approximate surface area is 169 Å². The Kier molecular flexibility index (Phi) is 11.4. The Bertz CT molecular complexity index is 416. The highest BCUT2D eigenvalue weighted by atomic mass is 127. The first-order chi connectivity index (χ1) is 11.2. The number of aliphatic imine (C=N–C) groups is 1. The summed E-state index contributed by atoms with van der Waals surface area (Å²) in [5.41, 5.74) is -0.472. The van der Waals surface area contributed by atoms with Crippen molar-refractivity contribution in [2.75, 3.05) is 33.2 Å². The van der Waals surface area contributed by atoms with Crippen molar-refractivity contribution in [1.29, 1.82) is 0 Å². The van der Waals surface area contributed by atoms with Crippen LogP contribution in [0.15, 0.2) is 4.99 Å². The van der Waals surface area contributed by atoms with Gasteiger partial charge in [0.15, 0.2) is 5.96 Å². The quantitative estimate of drug-likeness (QED) is 0.249. The zero-order chi connectivity index (χ0) is 18.2. The van der Waals surface area contributed by atoms with Gasteiger partial charge in [0.05, 0.1) is 0 Å². The van der Waals surface area contributed by atoms with E-state index in [0.29, 0.717) is 25.2 Å². The van der Waals surface area contributed by atoms with Gasteiger partial charge in [-0.3, -0.25) is 4.99 Å². The van der Waals surface area contributed by atoms with E-state index in [9.17, 15) is 4.79 Å². The summed E-state index contributed by atoms with van der Waals surface area (Å²) in [6.07, 6.45) is 1.85. The fourth-order valence-corrected chi connectivity index (χ4v) is 2.61. The molecule has 1 fully saturated rings. The van der Waals surface area contributed by atoms with Crippen molar-refractivity contribution in [3.8, 4) is 0 Å². The number of rotatable bonds is 5. The van der Waals surface area contributed by atoms with Crippen molar-refractivity contribution in [3.05, 3.63) is 0 Å². The molecule has 0 spiro atoms. The van der Waals surface area contributed by atoms with Crippen LogP contribution in [0.1, 0.15) is 47.5 Å². The second-order valence-corrected chi connectivity index (χ2v) is 7.48. The van der Waals surface area contributed by atoms with Crippen molar-refractivity contribution in [2.45, 2.75) is 65.1 Å². The fourth-order valence-electron chi connectivity index (χ4n) is 2.61. The number of carbonyl (C=O) groups is 1. The number of carbonyl (C=O) groups excluding carboxylic acids is 1. The van der Waals surface area contributed by atoms with Crippen molar-refractivity contribution >= 4 is 36.0 Å². The second-order valence-electron chi connectivity index (χ2n) is 7.48. The number of nitrogens with one attached hydrogen (secondary N) is 3. The number of piperidine rings is 1. The predicted molar refractivity (Wildman–Crippen MR) is 114 cm³/mol. The third-order valence-corrected chi connectivity index (χ3v) is 3.91. The van der Waals surface area contributed by atoms with Crippen LogP contribution in [-0.4, -0.2) is 67.9 Å². The number of hydrogen-bond donors (Lipinski definition) is 3. The largest absolute Gasteiger partial charge is 0.444 e. The molecule has 0 radical (unpaired) electrons. The molecule has 1 aliphatic heterocycles. The lowest BCUT2D eigenvalue weighted by Gasteiger charge is -2.35. The van der Waals surface area contributed by atoms with E-state index >= 15 is 0 Å². The molecular formula is C17H36IN5O2. The van der Waals surface area contributed by atoms with Crippen molar-refractivity contribution in [2.24, 2.45) is 4.99 Å². The van der Waals surface area contributed by atoms with Crippen LogP contribution in [0, 0.1) is 0 Å². The molecule has 0 aromatic carbocycles. The van der Waals surface area contributed by atoms with Crippen molar-refractivity contribution < 1.29 is 9.53 Å². The van der Waals surface area contributed by atoms with Crippen LogP contribution in [0.4, 0.5) is 4.79 Å². The normalized spacial score (nSPS) is 17.0. The smallest absolute Gasteiger partial charge is 0.407 e. The summed E-state index contributed by atoms with van der Waals surface area (Å²) in [6.45, 7) is 13.4. The van der Waals surface area contributed by atoms with E-state index in [4.69, 9.17) is 4.74 Å². The average molecular weight is 469 g/mol. The lowest BCUT2D eigenvalue weighted by atomic mass is 10.0. The summed E-state index contributed by atoms with van der Waals surface area (Å²) in [5, 5.41) is 9.41. The van der Waals surface area contributed by atoms with Crippen molar-refractivity contribution in [1.82, 2.24) is 20.9 Å². The fraction of sp³-hybridized carbons (Fsp3) is 0.882. The van der Waals surface area contributed by atoms with Gasteiger partial charge in [0.1, 0.15) is 5.60 Å². The molecule has 148 valence electrons. The van der Waals surface area contributed by atoms with Gasteiger partial charge in [-0.1, -0.05) is 0 Å². The van der Waals surface area contributed by atoms with E-state index in [1.165, 1.54) is 0 Å². The SMILES string of the molecule is CN=C(NCCNC(=O)OC(C)(C)C)NC1CCN(C(C)C)CC1.I. The third-order valence-electron chi connectivity index (χ3n) is 3.91. The van der Waals surface area contributed by atoms with Gasteiger partial charge < -0.3 is 25.6 Å². The number of nitrogens with zero attached hydrogens (tertiary/aromatic N) is 2. The Morgan fingerprint density at radius 2 is 1.76 bits per heavy atom. The Morgan fingerprint density at radius 1 is 1.20 bits per heavy atom. The molecule has 8 heteroatoms. The van der Waals surface area contributed by atoms with Gasteiger partial charge >= 0.3 is 6.09 Å². The maximum atomic E-state index is 11.6. The average Bonchev–Trinajstić information content (AvgIpc) is 2.49. The molecule has 0 bridgehead atoms. The standard InChI is InChI=1S/C17H35N5O2.HI/c1-13(2)22-11-7-14(8-12-22)21-15(18-6)19-9-10-20-16(23)24-17(3,4)5;/h13-14H,7-12H2,1-6H3,(H,20,23)(H2,18,19,21);1H. The number of alkyl carbamates (subject to hydrolysis) is 1. The number of guanidine groups is 1. The highest BCUT2D eigenvalue weighted by Gasteiger charge is 2.21. The summed E-state index contributed by atoms with van der Waals surface area (Å²) in [7, 11) is 1.76. The van der Waals surface area contributed by atoms with E-state index in [2.05, 4.69) is 39.7 Å². The molecule has 1 saturated heterocycles. The van der Waals surface area contributed by atoms with Gasteiger partial charge in [0, 0.05) is 45.3 Å². The van der Waals surface area contributed by atoms with E-state index in [-0.39, 0.29) is 24.0 Å². The first-order valence-electron chi connectivity index (χ1n) is 8.89. The van der Waals surface area contributed by atoms with E-state index in [1.54, 1.807) is 7.05 Å². The first-order valence-corrected chi connectivity index (χ1v) is 8.89. The molecule has 1 aliphatic rings. The summed E-state index contributed by atoms with van der Waals surface area (Å²) in [4.78, 5) is 18.3. The minimum absolute atomic E-state index is 0. The molecule has 25 heavy (non-hydrogen) atoms. The van der Waals surface area contributed by atoms with E-state index in [1.807, 2.05) is 20.8 Å². The molecule has 0 aromatic rings. The van der Waals surface area contributed by atoms with Gasteiger partial charge in [0.2, 0.25) is 0 Å². The number of halogens is 1. The van der Waals surface area contributed by atoms with Crippen LogP contribution < -0.4 is 16.0 Å². The molecule has 0 atom stereocenters. The van der Waals surface area contributed by atoms with Crippen LogP contribution in [-0.2, 0) is 4.74 Å². The molecule has 1 amide bonds. The molecule has 3 N–H and O–H groups in total. The maximum absolute atomic E-state index is 11.6. The lowest BCUT2D eigenvalue weighted by molar-refractivity contribution is 0.0529. The molecule has 0 aromatic heterocycles. The number of hydrogen-bond acceptors (Lipinski definition) is 4. The predicted octanol–water partition coefficient (Wildman–Crippen LogP) is 2.17. The van der Waals surface area contributed by atoms with Gasteiger partial charge in [-0.2, -0.15) is 0 Å². The van der Waals surface area contributed by atoms with Crippen LogP contribution in [0.2, 0.25) is 0 Å². The summed E-state index contributed by atoms with van der Waals surface area (Å²) < 4.78 is 5.19. The topological polar surface area (TPSA) is 78.0 Å². The second kappa shape index (κ2) is 11.8. The van der Waals surface area contributed by atoms with Crippen LogP contribution in [0.5, 0.6) is 0 Å². The number of likely N-dealkylation sites (tertiary alicyclic amines) is 1. The van der Waals surface area contributed by atoms with E-state index in [0.717, 1.165) is 31.9 Å². The summed E-state index contributed by atoms with van der Waals surface area (Å²) >= 11 is 0. The minimum atomic E-state index is -0.472. The highest BCUT2D eigenvalue weighted by Crippen LogP contribution is 2.12. The highest BCUT2D eigenvalue weighted by molar-refractivity contribution is 14.0. The molecule has 0 aliphatic carbocycles. The molecule has 1 rings (SSSR count).